The van der Waals surface area contributed by atoms with Gasteiger partial charge in [0.1, 0.15) is 5.82 Å². The van der Waals surface area contributed by atoms with Gasteiger partial charge in [-0.25, -0.2) is 0 Å². The van der Waals surface area contributed by atoms with Crippen LogP contribution in [0.25, 0.3) is 0 Å². The van der Waals surface area contributed by atoms with Crippen molar-refractivity contribution in [1.29, 1.82) is 0 Å². The van der Waals surface area contributed by atoms with Crippen molar-refractivity contribution in [1.82, 2.24) is 14.8 Å². The summed E-state index contributed by atoms with van der Waals surface area (Å²) in [6.45, 7) is 2.10. The van der Waals surface area contributed by atoms with Gasteiger partial charge in [0, 0.05) is 18.7 Å². The smallest absolute Gasteiger partial charge is 0.303 e. The third-order valence-corrected chi connectivity index (χ3v) is 2.76. The zero-order chi connectivity index (χ0) is 11.5. The van der Waals surface area contributed by atoms with Crippen molar-refractivity contribution < 1.29 is 13.2 Å². The highest BCUT2D eigenvalue weighted by Gasteiger charge is 2.27. The predicted octanol–water partition coefficient (Wildman–Crippen LogP) is 2.76. The molecule has 0 radical (unpaired) electrons. The Hall–Kier alpha value is -0.500. The van der Waals surface area contributed by atoms with E-state index in [1.165, 1.54) is 0 Å². The number of rotatable bonds is 4. The maximum Gasteiger partial charge on any atom is 0.441 e. The molecule has 1 heterocycles. The van der Waals surface area contributed by atoms with Crippen LogP contribution in [0.3, 0.4) is 0 Å². The first-order chi connectivity index (χ1) is 6.94. The fourth-order valence-corrected chi connectivity index (χ4v) is 1.85. The molecule has 0 aliphatic carbocycles. The number of nitrogens with one attached hydrogen (secondary N) is 1. The summed E-state index contributed by atoms with van der Waals surface area (Å²) in [5.74, 6) is 0.632. The Balaban J connectivity index is 2.57. The van der Waals surface area contributed by atoms with Gasteiger partial charge in [-0.15, -0.1) is 0 Å². The Kier molecular flexibility index (Phi) is 4.21. The lowest BCUT2D eigenvalue weighted by Crippen LogP contribution is -2.09. The number of alkyl halides is 3. The molecule has 0 atom stereocenters. The van der Waals surface area contributed by atoms with Gasteiger partial charge >= 0.3 is 5.51 Å². The van der Waals surface area contributed by atoms with Crippen molar-refractivity contribution in [2.24, 2.45) is 0 Å². The lowest BCUT2D eigenvalue weighted by atomic mass is 10.4. The van der Waals surface area contributed by atoms with Crippen LogP contribution in [0.15, 0.2) is 0 Å². The van der Waals surface area contributed by atoms with Crippen molar-refractivity contribution in [2.45, 2.75) is 25.4 Å². The van der Waals surface area contributed by atoms with Crippen LogP contribution in [0, 0.1) is 4.77 Å². The highest BCUT2D eigenvalue weighted by Crippen LogP contribution is 2.30. The monoisotopic (exact) mass is 257 g/mol. The molecule has 1 aromatic heterocycles. The van der Waals surface area contributed by atoms with E-state index < -0.39 is 5.51 Å². The van der Waals surface area contributed by atoms with Crippen molar-refractivity contribution in [3.8, 4) is 0 Å². The molecule has 1 aromatic rings. The minimum atomic E-state index is -4.18. The fraction of sp³-hybridized carbons (Fsp3) is 0.714. The molecule has 0 saturated heterocycles. The second-order valence-electron chi connectivity index (χ2n) is 2.74. The quantitative estimate of drug-likeness (QED) is 0.842. The molecule has 0 aromatic carbocycles. The van der Waals surface area contributed by atoms with E-state index in [2.05, 4.69) is 10.2 Å². The van der Waals surface area contributed by atoms with E-state index in [9.17, 15) is 13.2 Å². The summed E-state index contributed by atoms with van der Waals surface area (Å²) < 4.78 is 37.6. The molecule has 0 unspecified atom stereocenters. The van der Waals surface area contributed by atoms with Crippen molar-refractivity contribution in [3.05, 3.63) is 10.6 Å². The topological polar surface area (TPSA) is 33.6 Å². The number of aromatic nitrogens is 3. The lowest BCUT2D eigenvalue weighted by molar-refractivity contribution is -0.0328. The molecule has 86 valence electrons. The summed E-state index contributed by atoms with van der Waals surface area (Å²) in [4.78, 5) is 0. The third-order valence-electron chi connectivity index (χ3n) is 1.73. The molecule has 8 heteroatoms. The van der Waals surface area contributed by atoms with Crippen LogP contribution >= 0.6 is 24.0 Å². The first-order valence-electron chi connectivity index (χ1n) is 4.29. The number of thioether (sulfide) groups is 1. The van der Waals surface area contributed by atoms with E-state index in [0.717, 1.165) is 0 Å². The first kappa shape index (κ1) is 12.6. The predicted molar refractivity (Wildman–Crippen MR) is 55.3 cm³/mol. The molecule has 1 rings (SSSR count). The number of aromatic amines is 1. The molecule has 0 amide bonds. The van der Waals surface area contributed by atoms with E-state index in [1.807, 2.05) is 6.92 Å². The van der Waals surface area contributed by atoms with Gasteiger partial charge in [-0.05, 0) is 24.0 Å². The van der Waals surface area contributed by atoms with E-state index in [0.29, 0.717) is 17.0 Å². The summed E-state index contributed by atoms with van der Waals surface area (Å²) in [5, 5.41) is 6.47. The van der Waals surface area contributed by atoms with E-state index >= 15 is 0 Å². The summed E-state index contributed by atoms with van der Waals surface area (Å²) in [6.07, 6.45) is 0.643. The van der Waals surface area contributed by atoms with Crippen molar-refractivity contribution in [3.63, 3.8) is 0 Å². The molecule has 0 spiro atoms. The lowest BCUT2D eigenvalue weighted by Gasteiger charge is -2.07. The number of nitrogens with zero attached hydrogens (tertiary/aromatic N) is 2. The van der Waals surface area contributed by atoms with Gasteiger partial charge in [-0.2, -0.15) is 18.3 Å². The number of halogens is 3. The minimum absolute atomic E-state index is 0.0491. The average Bonchev–Trinajstić information content (AvgIpc) is 2.46. The number of hydrogen-bond donors (Lipinski definition) is 1. The van der Waals surface area contributed by atoms with Crippen LogP contribution in [-0.2, 0) is 13.0 Å². The van der Waals surface area contributed by atoms with Crippen LogP contribution in [-0.4, -0.2) is 26.0 Å². The summed E-state index contributed by atoms with van der Waals surface area (Å²) in [7, 11) is 0. The highest BCUT2D eigenvalue weighted by atomic mass is 32.2. The maximum absolute atomic E-state index is 11.9. The number of H-pyrrole nitrogens is 1. The molecular formula is C7H10F3N3S2. The molecular weight excluding hydrogens is 247 g/mol. The van der Waals surface area contributed by atoms with Gasteiger partial charge in [0.15, 0.2) is 4.77 Å². The molecule has 0 bridgehead atoms. The molecule has 3 nitrogen and oxygen atoms in total. The van der Waals surface area contributed by atoms with Crippen molar-refractivity contribution in [2.75, 3.05) is 5.75 Å². The van der Waals surface area contributed by atoms with Crippen LogP contribution in [0.1, 0.15) is 12.7 Å². The summed E-state index contributed by atoms with van der Waals surface area (Å²) in [6, 6.07) is 0. The third kappa shape index (κ3) is 3.86. The molecule has 15 heavy (non-hydrogen) atoms. The van der Waals surface area contributed by atoms with Crippen LogP contribution in [0.4, 0.5) is 13.2 Å². The van der Waals surface area contributed by atoms with Gasteiger partial charge in [0.2, 0.25) is 0 Å². The van der Waals surface area contributed by atoms with E-state index in [1.54, 1.807) is 4.57 Å². The average molecular weight is 257 g/mol. The number of aryl methyl sites for hydroxylation is 1. The van der Waals surface area contributed by atoms with Crippen LogP contribution in [0.5, 0.6) is 0 Å². The molecule has 0 saturated carbocycles. The Bertz CT molecular complexity index is 368. The van der Waals surface area contributed by atoms with Gasteiger partial charge in [0.05, 0.1) is 0 Å². The second-order valence-corrected chi connectivity index (χ2v) is 4.29. The van der Waals surface area contributed by atoms with E-state index in [4.69, 9.17) is 12.2 Å². The normalized spacial score (nSPS) is 12.0. The standard InChI is InChI=1S/C7H10F3N3S2/c1-2-5-11-12-6(14)13(5)3-4-15-7(8,9)10/h2-4H2,1H3,(H,12,14). The van der Waals surface area contributed by atoms with E-state index in [-0.39, 0.29) is 24.1 Å². The summed E-state index contributed by atoms with van der Waals surface area (Å²) >= 11 is 4.85. The molecule has 1 N–H and O–H groups in total. The zero-order valence-electron chi connectivity index (χ0n) is 7.97. The van der Waals surface area contributed by atoms with Crippen LogP contribution < -0.4 is 0 Å². The second kappa shape index (κ2) is 5.02. The maximum atomic E-state index is 11.9. The van der Waals surface area contributed by atoms with Gasteiger partial charge in [0.25, 0.3) is 0 Å². The van der Waals surface area contributed by atoms with Crippen molar-refractivity contribution >= 4 is 24.0 Å². The van der Waals surface area contributed by atoms with Gasteiger partial charge in [-0.1, -0.05) is 6.92 Å². The van der Waals surface area contributed by atoms with Gasteiger partial charge in [-0.3, -0.25) is 5.10 Å². The van der Waals surface area contributed by atoms with Gasteiger partial charge < -0.3 is 4.57 Å². The first-order valence-corrected chi connectivity index (χ1v) is 5.68. The SMILES string of the molecule is CCc1n[nH]c(=S)n1CCSC(F)(F)F. The molecule has 0 aliphatic rings. The molecule has 0 aliphatic heterocycles. The Morgan fingerprint density at radius 2 is 2.20 bits per heavy atom. The Labute approximate surface area is 94.1 Å². The largest absolute Gasteiger partial charge is 0.441 e. The van der Waals surface area contributed by atoms with Crippen LogP contribution in [0.2, 0.25) is 0 Å². The zero-order valence-corrected chi connectivity index (χ0v) is 9.60. The number of hydrogen-bond acceptors (Lipinski definition) is 3. The Morgan fingerprint density at radius 1 is 1.53 bits per heavy atom. The minimum Gasteiger partial charge on any atom is -0.303 e. The Morgan fingerprint density at radius 3 is 2.73 bits per heavy atom. The highest BCUT2D eigenvalue weighted by molar-refractivity contribution is 8.00. The molecule has 0 fully saturated rings. The summed E-state index contributed by atoms with van der Waals surface area (Å²) in [5.41, 5.74) is -4.18. The fourth-order valence-electron chi connectivity index (χ4n) is 1.10.